The van der Waals surface area contributed by atoms with Gasteiger partial charge < -0.3 is 30.8 Å². The molecular weight excluding hydrogens is 379 g/mol. The van der Waals surface area contributed by atoms with Crippen LogP contribution in [0.1, 0.15) is 16.1 Å². The molecule has 29 heavy (non-hydrogen) atoms. The minimum atomic E-state index is -0.808. The average Bonchev–Trinajstić information content (AvgIpc) is 3.23. The number of amides is 1. The van der Waals surface area contributed by atoms with Crippen LogP contribution in [0.15, 0.2) is 36.8 Å². The molecule has 0 radical (unpaired) electrons. The number of nitrogens with one attached hydrogen (secondary N) is 3. The van der Waals surface area contributed by atoms with Crippen molar-refractivity contribution in [2.45, 2.75) is 6.42 Å². The molecule has 152 valence electrons. The number of aromatic amines is 1. The number of hydrogen-bond acceptors (Lipinski definition) is 7. The number of aromatic nitrogens is 3. The number of carbonyl (C=O) groups is 1. The number of halogens is 1. The highest BCUT2D eigenvalue weighted by molar-refractivity contribution is 5.98. The molecule has 0 atom stereocenters. The van der Waals surface area contributed by atoms with Crippen LogP contribution in [0.25, 0.3) is 0 Å². The summed E-state index contributed by atoms with van der Waals surface area (Å²) >= 11 is 0. The SMILES string of the molecule is COc1cc(Nc2nc(NCCc3cnc[nH]3)c(F)cc2C(N)=O)cc(OC)c1. The fourth-order valence-electron chi connectivity index (χ4n) is 2.65. The highest BCUT2D eigenvalue weighted by Crippen LogP contribution is 2.29. The molecule has 1 amide bonds. The van der Waals surface area contributed by atoms with E-state index >= 15 is 0 Å². The van der Waals surface area contributed by atoms with Crippen LogP contribution in [-0.4, -0.2) is 41.6 Å². The quantitative estimate of drug-likeness (QED) is 0.434. The molecule has 10 heteroatoms. The zero-order chi connectivity index (χ0) is 20.8. The van der Waals surface area contributed by atoms with Crippen molar-refractivity contribution in [3.8, 4) is 11.5 Å². The number of anilines is 3. The topological polar surface area (TPSA) is 127 Å². The Balaban J connectivity index is 1.86. The Morgan fingerprint density at radius 1 is 1.17 bits per heavy atom. The number of hydrogen-bond donors (Lipinski definition) is 4. The zero-order valence-corrected chi connectivity index (χ0v) is 16.0. The van der Waals surface area contributed by atoms with Crippen LogP contribution in [0.3, 0.4) is 0 Å². The van der Waals surface area contributed by atoms with Crippen molar-refractivity contribution in [1.29, 1.82) is 0 Å². The smallest absolute Gasteiger partial charge is 0.252 e. The van der Waals surface area contributed by atoms with Gasteiger partial charge in [0.2, 0.25) is 0 Å². The van der Waals surface area contributed by atoms with E-state index in [-0.39, 0.29) is 17.2 Å². The average molecular weight is 400 g/mol. The number of methoxy groups -OCH3 is 2. The zero-order valence-electron chi connectivity index (χ0n) is 16.0. The molecule has 1 aromatic carbocycles. The van der Waals surface area contributed by atoms with Gasteiger partial charge in [0.15, 0.2) is 11.6 Å². The standard InChI is InChI=1S/C19H21FN6O3/c1-28-13-5-12(6-14(7-13)29-2)25-18-15(17(21)27)8-16(20)19(26-18)23-4-3-11-9-22-10-24-11/h5-10H,3-4H2,1-2H3,(H2,21,27)(H,22,24)(H2,23,25,26). The van der Waals surface area contributed by atoms with E-state index in [1.807, 2.05) is 0 Å². The van der Waals surface area contributed by atoms with Crippen LogP contribution < -0.4 is 25.8 Å². The minimum Gasteiger partial charge on any atom is -0.497 e. The fraction of sp³-hybridized carbons (Fsp3) is 0.211. The Bertz CT molecular complexity index is 972. The van der Waals surface area contributed by atoms with Crippen molar-refractivity contribution in [3.05, 3.63) is 53.9 Å². The monoisotopic (exact) mass is 400 g/mol. The number of pyridine rings is 1. The van der Waals surface area contributed by atoms with Crippen molar-refractivity contribution in [3.63, 3.8) is 0 Å². The molecule has 0 bridgehead atoms. The number of primary amides is 1. The Hall–Kier alpha value is -3.82. The van der Waals surface area contributed by atoms with Crippen molar-refractivity contribution in [2.75, 3.05) is 31.4 Å². The largest absolute Gasteiger partial charge is 0.497 e. The number of nitrogens with zero attached hydrogens (tertiary/aromatic N) is 2. The van der Waals surface area contributed by atoms with E-state index in [2.05, 4.69) is 25.6 Å². The molecule has 0 aliphatic carbocycles. The summed E-state index contributed by atoms with van der Waals surface area (Å²) in [5.74, 6) is -0.319. The van der Waals surface area contributed by atoms with Gasteiger partial charge in [-0.25, -0.2) is 14.4 Å². The molecule has 0 aliphatic heterocycles. The number of rotatable bonds is 9. The van der Waals surface area contributed by atoms with Gasteiger partial charge in [-0.1, -0.05) is 0 Å². The molecule has 0 saturated carbocycles. The molecular formula is C19H21FN6O3. The Morgan fingerprint density at radius 3 is 2.48 bits per heavy atom. The maximum atomic E-state index is 14.4. The minimum absolute atomic E-state index is 0.00752. The summed E-state index contributed by atoms with van der Waals surface area (Å²) in [6.45, 7) is 0.411. The van der Waals surface area contributed by atoms with E-state index in [0.717, 1.165) is 11.8 Å². The summed E-state index contributed by atoms with van der Waals surface area (Å²) in [6, 6.07) is 6.11. The van der Waals surface area contributed by atoms with E-state index in [9.17, 15) is 9.18 Å². The molecule has 0 unspecified atom stereocenters. The summed E-state index contributed by atoms with van der Waals surface area (Å²) < 4.78 is 24.9. The first-order valence-corrected chi connectivity index (χ1v) is 8.71. The van der Waals surface area contributed by atoms with Crippen LogP contribution in [-0.2, 0) is 6.42 Å². The van der Waals surface area contributed by atoms with Crippen molar-refractivity contribution in [1.82, 2.24) is 15.0 Å². The number of H-pyrrole nitrogens is 1. The molecule has 2 heterocycles. The number of nitrogens with two attached hydrogens (primary N) is 1. The predicted molar refractivity (Wildman–Crippen MR) is 106 cm³/mol. The fourth-order valence-corrected chi connectivity index (χ4v) is 2.65. The van der Waals surface area contributed by atoms with Crippen LogP contribution in [0.5, 0.6) is 11.5 Å². The molecule has 0 saturated heterocycles. The highest BCUT2D eigenvalue weighted by Gasteiger charge is 2.16. The Labute approximate surface area is 166 Å². The first-order chi connectivity index (χ1) is 14.0. The number of carbonyl (C=O) groups excluding carboxylic acids is 1. The second-order valence-electron chi connectivity index (χ2n) is 6.06. The molecule has 2 aromatic heterocycles. The van der Waals surface area contributed by atoms with Crippen molar-refractivity contribution < 1.29 is 18.7 Å². The third-order valence-corrected chi connectivity index (χ3v) is 4.10. The molecule has 9 nitrogen and oxygen atoms in total. The van der Waals surface area contributed by atoms with Gasteiger partial charge in [0.1, 0.15) is 17.3 Å². The lowest BCUT2D eigenvalue weighted by Gasteiger charge is -2.14. The molecule has 3 aromatic rings. The van der Waals surface area contributed by atoms with E-state index < -0.39 is 11.7 Å². The lowest BCUT2D eigenvalue weighted by atomic mass is 10.2. The van der Waals surface area contributed by atoms with Gasteiger partial charge >= 0.3 is 0 Å². The molecule has 0 fully saturated rings. The van der Waals surface area contributed by atoms with Gasteiger partial charge in [-0.15, -0.1) is 0 Å². The Kier molecular flexibility index (Phi) is 6.12. The number of imidazole rings is 1. The van der Waals surface area contributed by atoms with Gasteiger partial charge in [0.25, 0.3) is 5.91 Å². The molecule has 3 rings (SSSR count). The maximum absolute atomic E-state index is 14.4. The van der Waals surface area contributed by atoms with Crippen LogP contribution >= 0.6 is 0 Å². The third-order valence-electron chi connectivity index (χ3n) is 4.10. The van der Waals surface area contributed by atoms with E-state index in [1.54, 1.807) is 30.7 Å². The van der Waals surface area contributed by atoms with Gasteiger partial charge in [-0.05, 0) is 6.07 Å². The first kappa shape index (κ1) is 19.9. The van der Waals surface area contributed by atoms with Crippen LogP contribution in [0, 0.1) is 5.82 Å². The third kappa shape index (κ3) is 4.92. The summed E-state index contributed by atoms with van der Waals surface area (Å²) in [6.07, 6.45) is 3.85. The van der Waals surface area contributed by atoms with E-state index in [4.69, 9.17) is 15.2 Å². The van der Waals surface area contributed by atoms with E-state index in [0.29, 0.717) is 30.2 Å². The van der Waals surface area contributed by atoms with Gasteiger partial charge in [0, 0.05) is 48.7 Å². The number of benzene rings is 1. The lowest BCUT2D eigenvalue weighted by molar-refractivity contribution is 0.100. The second-order valence-corrected chi connectivity index (χ2v) is 6.06. The van der Waals surface area contributed by atoms with Crippen molar-refractivity contribution in [2.24, 2.45) is 5.73 Å². The normalized spacial score (nSPS) is 10.4. The highest BCUT2D eigenvalue weighted by atomic mass is 19.1. The molecule has 0 spiro atoms. The molecule has 5 N–H and O–H groups in total. The summed E-state index contributed by atoms with van der Waals surface area (Å²) in [5, 5.41) is 5.89. The second kappa shape index (κ2) is 8.91. The summed E-state index contributed by atoms with van der Waals surface area (Å²) in [5.41, 5.74) is 6.75. The van der Waals surface area contributed by atoms with Crippen LogP contribution in [0.2, 0.25) is 0 Å². The van der Waals surface area contributed by atoms with Gasteiger partial charge in [-0.3, -0.25) is 4.79 Å². The molecule has 0 aliphatic rings. The van der Waals surface area contributed by atoms with Gasteiger partial charge in [-0.2, -0.15) is 0 Å². The number of ether oxygens (including phenoxy) is 2. The first-order valence-electron chi connectivity index (χ1n) is 8.71. The summed E-state index contributed by atoms with van der Waals surface area (Å²) in [7, 11) is 3.04. The lowest BCUT2D eigenvalue weighted by Crippen LogP contribution is -2.17. The van der Waals surface area contributed by atoms with E-state index in [1.165, 1.54) is 14.2 Å². The van der Waals surface area contributed by atoms with Crippen LogP contribution in [0.4, 0.5) is 21.7 Å². The van der Waals surface area contributed by atoms with Crippen molar-refractivity contribution >= 4 is 23.2 Å². The summed E-state index contributed by atoms with van der Waals surface area (Å²) in [4.78, 5) is 22.9. The Morgan fingerprint density at radius 2 is 1.90 bits per heavy atom. The maximum Gasteiger partial charge on any atom is 0.252 e. The van der Waals surface area contributed by atoms with Gasteiger partial charge in [0.05, 0.1) is 26.1 Å². The predicted octanol–water partition coefficient (Wildman–Crippen LogP) is 2.46.